The molecular weight excluding hydrogens is 232 g/mol. The maximum absolute atomic E-state index is 6.05. The summed E-state index contributed by atoms with van der Waals surface area (Å²) in [7, 11) is 0. The van der Waals surface area contributed by atoms with Gasteiger partial charge in [0.25, 0.3) is 0 Å². The van der Waals surface area contributed by atoms with Crippen LogP contribution in [0, 0.1) is 0 Å². The van der Waals surface area contributed by atoms with Crippen molar-refractivity contribution in [3.63, 3.8) is 0 Å². The molecule has 0 aromatic heterocycles. The summed E-state index contributed by atoms with van der Waals surface area (Å²) in [6.07, 6.45) is 0. The van der Waals surface area contributed by atoms with E-state index in [-0.39, 0.29) is 0 Å². The molecule has 2 aromatic carbocycles. The molecule has 0 saturated carbocycles. The van der Waals surface area contributed by atoms with Crippen molar-refractivity contribution in [1.82, 2.24) is 4.90 Å². The van der Waals surface area contributed by atoms with Gasteiger partial charge in [0.15, 0.2) is 0 Å². The molecule has 0 fully saturated rings. The van der Waals surface area contributed by atoms with Crippen molar-refractivity contribution in [1.29, 1.82) is 0 Å². The van der Waals surface area contributed by atoms with Gasteiger partial charge in [0, 0.05) is 25.3 Å². The van der Waals surface area contributed by atoms with Gasteiger partial charge in [-0.15, -0.1) is 0 Å². The lowest BCUT2D eigenvalue weighted by atomic mass is 10.0. The van der Waals surface area contributed by atoms with Gasteiger partial charge in [-0.05, 0) is 28.7 Å². The molecule has 2 heteroatoms. The highest BCUT2D eigenvalue weighted by molar-refractivity contribution is 5.52. The number of rotatable bonds is 3. The Balaban J connectivity index is 1.69. The minimum atomic E-state index is 0.553. The molecule has 1 unspecified atom stereocenters. The summed E-state index contributed by atoms with van der Waals surface area (Å²) in [5, 5.41) is 0. The van der Waals surface area contributed by atoms with E-state index in [1.54, 1.807) is 0 Å². The van der Waals surface area contributed by atoms with E-state index in [4.69, 9.17) is 5.73 Å². The molecule has 3 rings (SSSR count). The van der Waals surface area contributed by atoms with Gasteiger partial charge in [-0.1, -0.05) is 49.4 Å². The molecule has 2 N–H and O–H groups in total. The number of benzene rings is 2. The van der Waals surface area contributed by atoms with Gasteiger partial charge in [0.1, 0.15) is 0 Å². The van der Waals surface area contributed by atoms with Crippen molar-refractivity contribution in [3.8, 4) is 0 Å². The highest BCUT2D eigenvalue weighted by atomic mass is 15.1. The summed E-state index contributed by atoms with van der Waals surface area (Å²) in [5.74, 6) is 0.553. The largest absolute Gasteiger partial charge is 0.398 e. The van der Waals surface area contributed by atoms with Crippen LogP contribution in [-0.2, 0) is 13.1 Å². The van der Waals surface area contributed by atoms with Crippen LogP contribution in [0.25, 0.3) is 0 Å². The molecule has 98 valence electrons. The molecule has 1 heterocycles. The fourth-order valence-corrected chi connectivity index (χ4v) is 2.92. The Hall–Kier alpha value is -1.80. The third kappa shape index (κ3) is 2.49. The highest BCUT2D eigenvalue weighted by Gasteiger charge is 2.22. The first-order valence-electron chi connectivity index (χ1n) is 6.87. The molecule has 0 saturated heterocycles. The number of fused-ring (bicyclic) bond motifs is 1. The SMILES string of the molecule is CC(CN1Cc2cccc(N)c2C1)c1ccccc1. The van der Waals surface area contributed by atoms with E-state index in [1.165, 1.54) is 16.7 Å². The number of hydrogen-bond acceptors (Lipinski definition) is 2. The summed E-state index contributed by atoms with van der Waals surface area (Å²) in [6, 6.07) is 17.0. The van der Waals surface area contributed by atoms with Gasteiger partial charge in [-0.3, -0.25) is 4.90 Å². The van der Waals surface area contributed by atoms with Crippen molar-refractivity contribution in [3.05, 3.63) is 65.2 Å². The summed E-state index contributed by atoms with van der Waals surface area (Å²) in [4.78, 5) is 2.48. The summed E-state index contributed by atoms with van der Waals surface area (Å²) in [5.41, 5.74) is 11.1. The first-order valence-corrected chi connectivity index (χ1v) is 6.87. The van der Waals surface area contributed by atoms with Gasteiger partial charge in [-0.2, -0.15) is 0 Å². The zero-order chi connectivity index (χ0) is 13.2. The van der Waals surface area contributed by atoms with E-state index in [9.17, 15) is 0 Å². The van der Waals surface area contributed by atoms with E-state index in [0.29, 0.717) is 5.92 Å². The van der Waals surface area contributed by atoms with Crippen LogP contribution in [0.15, 0.2) is 48.5 Å². The lowest BCUT2D eigenvalue weighted by Crippen LogP contribution is -2.22. The van der Waals surface area contributed by atoms with Gasteiger partial charge < -0.3 is 5.73 Å². The predicted molar refractivity (Wildman–Crippen MR) is 79.8 cm³/mol. The molecule has 0 amide bonds. The second-order valence-corrected chi connectivity index (χ2v) is 5.47. The van der Waals surface area contributed by atoms with Crippen LogP contribution in [0.2, 0.25) is 0 Å². The van der Waals surface area contributed by atoms with Crippen LogP contribution in [0.4, 0.5) is 5.69 Å². The number of anilines is 1. The molecule has 1 aliphatic heterocycles. The van der Waals surface area contributed by atoms with E-state index >= 15 is 0 Å². The van der Waals surface area contributed by atoms with Crippen LogP contribution in [0.1, 0.15) is 29.5 Å². The molecule has 1 aliphatic rings. The predicted octanol–water partition coefficient (Wildman–Crippen LogP) is 3.39. The molecule has 19 heavy (non-hydrogen) atoms. The second-order valence-electron chi connectivity index (χ2n) is 5.47. The Morgan fingerprint density at radius 2 is 1.84 bits per heavy atom. The standard InChI is InChI=1S/C17H20N2/c1-13(14-6-3-2-4-7-14)10-19-11-15-8-5-9-17(18)16(15)12-19/h2-9,13H,10-12,18H2,1H3. The minimum Gasteiger partial charge on any atom is -0.398 e. The Labute approximate surface area is 114 Å². The lowest BCUT2D eigenvalue weighted by Gasteiger charge is -2.20. The number of nitrogens with two attached hydrogens (primary N) is 1. The van der Waals surface area contributed by atoms with Crippen LogP contribution < -0.4 is 5.73 Å². The van der Waals surface area contributed by atoms with Crippen molar-refractivity contribution >= 4 is 5.69 Å². The number of hydrogen-bond donors (Lipinski definition) is 1. The number of nitrogens with zero attached hydrogens (tertiary/aromatic N) is 1. The maximum Gasteiger partial charge on any atom is 0.0363 e. The van der Waals surface area contributed by atoms with Crippen LogP contribution in [-0.4, -0.2) is 11.4 Å². The van der Waals surface area contributed by atoms with E-state index < -0.39 is 0 Å². The third-order valence-electron chi connectivity index (χ3n) is 3.99. The molecule has 0 aliphatic carbocycles. The van der Waals surface area contributed by atoms with Gasteiger partial charge in [0.2, 0.25) is 0 Å². The average Bonchev–Trinajstić information content (AvgIpc) is 2.84. The Morgan fingerprint density at radius 1 is 1.05 bits per heavy atom. The van der Waals surface area contributed by atoms with Gasteiger partial charge >= 0.3 is 0 Å². The summed E-state index contributed by atoms with van der Waals surface area (Å²) < 4.78 is 0. The fourth-order valence-electron chi connectivity index (χ4n) is 2.92. The minimum absolute atomic E-state index is 0.553. The zero-order valence-corrected chi connectivity index (χ0v) is 11.3. The van der Waals surface area contributed by atoms with Gasteiger partial charge in [0.05, 0.1) is 0 Å². The van der Waals surface area contributed by atoms with Crippen LogP contribution >= 0.6 is 0 Å². The normalized spacial score (nSPS) is 16.3. The van der Waals surface area contributed by atoms with Crippen molar-refractivity contribution in [2.75, 3.05) is 12.3 Å². The van der Waals surface area contributed by atoms with E-state index in [2.05, 4.69) is 54.3 Å². The van der Waals surface area contributed by atoms with Gasteiger partial charge in [-0.25, -0.2) is 0 Å². The highest BCUT2D eigenvalue weighted by Crippen LogP contribution is 2.29. The fraction of sp³-hybridized carbons (Fsp3) is 0.294. The molecule has 2 nitrogen and oxygen atoms in total. The van der Waals surface area contributed by atoms with Crippen molar-refractivity contribution < 1.29 is 0 Å². The van der Waals surface area contributed by atoms with E-state index in [0.717, 1.165) is 25.3 Å². The molecule has 1 atom stereocenters. The van der Waals surface area contributed by atoms with Crippen molar-refractivity contribution in [2.45, 2.75) is 25.9 Å². The number of nitrogen functional groups attached to an aromatic ring is 1. The van der Waals surface area contributed by atoms with Crippen molar-refractivity contribution in [2.24, 2.45) is 0 Å². The average molecular weight is 252 g/mol. The van der Waals surface area contributed by atoms with E-state index in [1.807, 2.05) is 6.07 Å². The molecule has 0 bridgehead atoms. The third-order valence-corrected chi connectivity index (χ3v) is 3.99. The second kappa shape index (κ2) is 5.06. The van der Waals surface area contributed by atoms with Crippen LogP contribution in [0.5, 0.6) is 0 Å². The smallest absolute Gasteiger partial charge is 0.0363 e. The Bertz CT molecular complexity index is 563. The molecule has 2 aromatic rings. The topological polar surface area (TPSA) is 29.3 Å². The lowest BCUT2D eigenvalue weighted by molar-refractivity contribution is 0.270. The maximum atomic E-state index is 6.05. The van der Waals surface area contributed by atoms with Crippen LogP contribution in [0.3, 0.4) is 0 Å². The summed E-state index contributed by atoms with van der Waals surface area (Å²) in [6.45, 7) is 5.39. The molecular formula is C17H20N2. The first-order chi connectivity index (χ1) is 9.24. The molecule has 0 radical (unpaired) electrons. The summed E-state index contributed by atoms with van der Waals surface area (Å²) >= 11 is 0. The quantitative estimate of drug-likeness (QED) is 0.848. The Kier molecular flexibility index (Phi) is 3.26. The first kappa shape index (κ1) is 12.2. The zero-order valence-electron chi connectivity index (χ0n) is 11.3. The molecule has 0 spiro atoms. The Morgan fingerprint density at radius 3 is 2.58 bits per heavy atom. The monoisotopic (exact) mass is 252 g/mol.